The van der Waals surface area contributed by atoms with Crippen LogP contribution in [0, 0.1) is 0 Å². The lowest BCUT2D eigenvalue weighted by atomic mass is 9.96. The van der Waals surface area contributed by atoms with Gasteiger partial charge < -0.3 is 84.5 Å². The Bertz CT molecular complexity index is 798. The van der Waals surface area contributed by atoms with E-state index in [4.69, 9.17) is 33.5 Å². The van der Waals surface area contributed by atoms with Crippen LogP contribution in [0.3, 0.4) is 0 Å². The zero-order valence-electron chi connectivity index (χ0n) is 19.5. The van der Waals surface area contributed by atoms with E-state index in [-0.39, 0.29) is 0 Å². The molecule has 3 heterocycles. The molecule has 0 radical (unpaired) electrons. The molecule has 38 heavy (non-hydrogen) atoms. The predicted octanol–water partition coefficient (Wildman–Crippen LogP) is -7.46. The average Bonchev–Trinajstić information content (AvgIpc) is 2.86. The topological polar surface area (TPSA) is 315 Å². The molecule has 19 nitrogen and oxygen atoms in total. The minimum atomic E-state index is -5.28. The fourth-order valence-electron chi connectivity index (χ4n) is 4.31. The molecule has 0 bridgehead atoms. The normalized spacial score (nSPS) is 48.7. The summed E-state index contributed by atoms with van der Waals surface area (Å²) in [5, 5.41) is 100. The number of ether oxygens (including phenoxy) is 5. The zero-order valence-corrected chi connectivity index (χ0v) is 20.3. The molecular formula is C18H33O19P. The van der Waals surface area contributed by atoms with Crippen molar-refractivity contribution in [2.75, 3.05) is 19.8 Å². The molecule has 0 aromatic rings. The first kappa shape index (κ1) is 32.0. The van der Waals surface area contributed by atoms with Crippen LogP contribution in [0.1, 0.15) is 0 Å². The Morgan fingerprint density at radius 3 is 1.58 bits per heavy atom. The highest BCUT2D eigenvalue weighted by molar-refractivity contribution is 7.46. The van der Waals surface area contributed by atoms with Crippen molar-refractivity contribution < 1.29 is 93.6 Å². The van der Waals surface area contributed by atoms with E-state index < -0.39 is 120 Å². The molecule has 0 aromatic heterocycles. The minimum Gasteiger partial charge on any atom is -0.394 e. The molecule has 3 fully saturated rings. The van der Waals surface area contributed by atoms with Crippen LogP contribution in [0.15, 0.2) is 0 Å². The van der Waals surface area contributed by atoms with Crippen molar-refractivity contribution in [3.8, 4) is 0 Å². The molecule has 3 aliphatic rings. The maximum absolute atomic E-state index is 11.3. The van der Waals surface area contributed by atoms with Gasteiger partial charge in [0.2, 0.25) is 0 Å². The summed E-state index contributed by atoms with van der Waals surface area (Å²) in [5.74, 6) is 0. The van der Waals surface area contributed by atoms with Gasteiger partial charge in [-0.2, -0.15) is 0 Å². The summed E-state index contributed by atoms with van der Waals surface area (Å²) in [7, 11) is -5.28. The minimum absolute atomic E-state index is 0.804. The summed E-state index contributed by atoms with van der Waals surface area (Å²) in [6.07, 6.45) is -27.6. The second-order valence-corrected chi connectivity index (χ2v) is 10.1. The van der Waals surface area contributed by atoms with Gasteiger partial charge in [-0.3, -0.25) is 4.52 Å². The second kappa shape index (κ2) is 13.0. The van der Waals surface area contributed by atoms with E-state index in [1.807, 2.05) is 0 Å². The molecule has 3 saturated heterocycles. The van der Waals surface area contributed by atoms with E-state index >= 15 is 0 Å². The third-order valence-electron chi connectivity index (χ3n) is 6.33. The molecule has 3 aliphatic heterocycles. The summed E-state index contributed by atoms with van der Waals surface area (Å²) in [4.78, 5) is 18.2. The van der Waals surface area contributed by atoms with E-state index in [1.165, 1.54) is 0 Å². The van der Waals surface area contributed by atoms with Crippen molar-refractivity contribution in [2.24, 2.45) is 0 Å². The Labute approximate surface area is 214 Å². The van der Waals surface area contributed by atoms with Gasteiger partial charge in [-0.15, -0.1) is 0 Å². The van der Waals surface area contributed by atoms with Gasteiger partial charge in [0.1, 0.15) is 73.2 Å². The van der Waals surface area contributed by atoms with Crippen molar-refractivity contribution in [3.63, 3.8) is 0 Å². The molecule has 0 amide bonds. The van der Waals surface area contributed by atoms with E-state index in [9.17, 15) is 55.6 Å². The highest BCUT2D eigenvalue weighted by Crippen LogP contribution is 2.42. The van der Waals surface area contributed by atoms with E-state index in [0.717, 1.165) is 0 Å². The van der Waals surface area contributed by atoms with Gasteiger partial charge in [0.05, 0.1) is 19.8 Å². The van der Waals surface area contributed by atoms with Crippen molar-refractivity contribution in [1.82, 2.24) is 0 Å². The van der Waals surface area contributed by atoms with Crippen LogP contribution in [0.5, 0.6) is 0 Å². The maximum atomic E-state index is 11.3. The van der Waals surface area contributed by atoms with Crippen molar-refractivity contribution in [1.29, 1.82) is 0 Å². The van der Waals surface area contributed by atoms with Crippen LogP contribution in [0.4, 0.5) is 0 Å². The molecule has 0 aromatic carbocycles. The standard InChI is InChI=1S/C18H33O19P/c19-1-4-7(22)9(24)10(25)17(33-4)36-15-11(26)13(6(3-21)32-16(15)28)35-18-12(27)14(37-38(29,30)31)8(23)5(2-20)34-18/h4-28H,1-3H2,(H2,29,30,31)/t4-,5-,6-,7-,8-,9+,10-,11+,12-,13+,14+,15-,16?,17-,18+/m1/s1. The number of rotatable bonds is 9. The summed E-state index contributed by atoms with van der Waals surface area (Å²) in [6, 6.07) is 0. The highest BCUT2D eigenvalue weighted by atomic mass is 31.2. The van der Waals surface area contributed by atoms with Gasteiger partial charge in [-0.25, -0.2) is 4.57 Å². The van der Waals surface area contributed by atoms with Gasteiger partial charge in [0, 0.05) is 0 Å². The van der Waals surface area contributed by atoms with E-state index in [0.29, 0.717) is 0 Å². The van der Waals surface area contributed by atoms with Crippen LogP contribution >= 0.6 is 7.82 Å². The number of aliphatic hydroxyl groups excluding tert-OH is 10. The van der Waals surface area contributed by atoms with E-state index in [2.05, 4.69) is 4.52 Å². The fraction of sp³-hybridized carbons (Fsp3) is 1.00. The maximum Gasteiger partial charge on any atom is 0.470 e. The molecule has 15 atom stereocenters. The third-order valence-corrected chi connectivity index (χ3v) is 6.84. The Morgan fingerprint density at radius 2 is 1.05 bits per heavy atom. The Morgan fingerprint density at radius 1 is 0.553 bits per heavy atom. The van der Waals surface area contributed by atoms with Crippen LogP contribution in [0.25, 0.3) is 0 Å². The number of aliphatic hydroxyl groups is 10. The molecule has 3 rings (SSSR count). The SMILES string of the molecule is O=P(O)(O)O[C@@H]1[C@@H](O)[C@H](O[C@@H]2[C@H](O)[C@@H](O[C@H]3O[C@H](CO)[C@@H](O)[C@H](O)[C@H]3O)C(O)O[C@@H]2CO)O[C@H](CO)[C@H]1O. The number of hydrogen-bond donors (Lipinski definition) is 12. The molecular weight excluding hydrogens is 551 g/mol. The summed E-state index contributed by atoms with van der Waals surface area (Å²) in [6.45, 7) is -2.63. The lowest BCUT2D eigenvalue weighted by molar-refractivity contribution is -0.382. The number of hydrogen-bond acceptors (Lipinski definition) is 17. The number of phosphoric acid groups is 1. The smallest absolute Gasteiger partial charge is 0.394 e. The van der Waals surface area contributed by atoms with Crippen molar-refractivity contribution in [3.05, 3.63) is 0 Å². The lowest BCUT2D eigenvalue weighted by Crippen LogP contribution is -2.66. The molecule has 0 aliphatic carbocycles. The zero-order chi connectivity index (χ0) is 28.5. The van der Waals surface area contributed by atoms with Gasteiger partial charge in [0.15, 0.2) is 18.9 Å². The Balaban J connectivity index is 1.80. The third kappa shape index (κ3) is 6.86. The van der Waals surface area contributed by atoms with Crippen LogP contribution in [-0.2, 0) is 32.8 Å². The van der Waals surface area contributed by atoms with Crippen LogP contribution in [0.2, 0.25) is 0 Å². The van der Waals surface area contributed by atoms with E-state index in [1.54, 1.807) is 0 Å². The Kier molecular flexibility index (Phi) is 11.0. The lowest BCUT2D eigenvalue weighted by Gasteiger charge is -2.48. The fourth-order valence-corrected chi connectivity index (χ4v) is 4.88. The van der Waals surface area contributed by atoms with Crippen molar-refractivity contribution in [2.45, 2.75) is 92.1 Å². The summed E-state index contributed by atoms with van der Waals surface area (Å²) in [5.41, 5.74) is 0. The molecule has 0 saturated carbocycles. The van der Waals surface area contributed by atoms with Crippen LogP contribution < -0.4 is 0 Å². The highest BCUT2D eigenvalue weighted by Gasteiger charge is 2.54. The first-order chi connectivity index (χ1) is 17.7. The molecule has 0 spiro atoms. The number of phosphoric ester groups is 1. The second-order valence-electron chi connectivity index (χ2n) is 8.90. The first-order valence-corrected chi connectivity index (χ1v) is 12.9. The largest absolute Gasteiger partial charge is 0.470 e. The van der Waals surface area contributed by atoms with Gasteiger partial charge in [0.25, 0.3) is 0 Å². The van der Waals surface area contributed by atoms with Gasteiger partial charge >= 0.3 is 7.82 Å². The predicted molar refractivity (Wildman–Crippen MR) is 112 cm³/mol. The van der Waals surface area contributed by atoms with Gasteiger partial charge in [-0.1, -0.05) is 0 Å². The molecule has 1 unspecified atom stereocenters. The summed E-state index contributed by atoms with van der Waals surface area (Å²) < 4.78 is 42.1. The molecule has 12 N–H and O–H groups in total. The average molecular weight is 584 g/mol. The monoisotopic (exact) mass is 584 g/mol. The summed E-state index contributed by atoms with van der Waals surface area (Å²) >= 11 is 0. The first-order valence-electron chi connectivity index (χ1n) is 11.3. The van der Waals surface area contributed by atoms with Crippen LogP contribution in [-0.4, -0.2) is 173 Å². The molecule has 224 valence electrons. The molecule has 20 heteroatoms. The van der Waals surface area contributed by atoms with Gasteiger partial charge in [-0.05, 0) is 0 Å². The quantitative estimate of drug-likeness (QED) is 0.112. The Hall–Kier alpha value is -0.490. The van der Waals surface area contributed by atoms with Crippen molar-refractivity contribution >= 4 is 7.82 Å².